The van der Waals surface area contributed by atoms with Gasteiger partial charge in [0.1, 0.15) is 5.75 Å². The molecule has 0 aromatic heterocycles. The lowest BCUT2D eigenvalue weighted by Crippen LogP contribution is -2.40. The summed E-state index contributed by atoms with van der Waals surface area (Å²) in [6.07, 6.45) is 0. The van der Waals surface area contributed by atoms with Crippen molar-refractivity contribution in [1.82, 2.24) is 4.31 Å². The highest BCUT2D eigenvalue weighted by Crippen LogP contribution is 2.24. The molecule has 8 heteroatoms. The monoisotopic (exact) mass is 418 g/mol. The van der Waals surface area contributed by atoms with E-state index >= 15 is 0 Å². The average Bonchev–Trinajstić information content (AvgIpc) is 2.69. The highest BCUT2D eigenvalue weighted by atomic mass is 32.2. The summed E-state index contributed by atoms with van der Waals surface area (Å²) >= 11 is 0. The maximum Gasteiger partial charge on any atom is 0.262 e. The van der Waals surface area contributed by atoms with Gasteiger partial charge in [0.25, 0.3) is 5.91 Å². The van der Waals surface area contributed by atoms with Gasteiger partial charge >= 0.3 is 0 Å². The van der Waals surface area contributed by atoms with Crippen LogP contribution < -0.4 is 10.1 Å². The van der Waals surface area contributed by atoms with Crippen molar-refractivity contribution in [1.29, 1.82) is 0 Å². The molecule has 156 valence electrons. The van der Waals surface area contributed by atoms with Gasteiger partial charge in [-0.25, -0.2) is 8.42 Å². The van der Waals surface area contributed by atoms with Crippen molar-refractivity contribution in [2.24, 2.45) is 0 Å². The minimum Gasteiger partial charge on any atom is -0.483 e. The third kappa shape index (κ3) is 5.14. The van der Waals surface area contributed by atoms with Gasteiger partial charge in [-0.3, -0.25) is 4.79 Å². The minimum atomic E-state index is -3.65. The molecule has 1 fully saturated rings. The van der Waals surface area contributed by atoms with Crippen molar-refractivity contribution >= 4 is 21.6 Å². The topological polar surface area (TPSA) is 84.9 Å². The van der Waals surface area contributed by atoms with Crippen LogP contribution >= 0.6 is 0 Å². The maximum absolute atomic E-state index is 13.0. The molecular weight excluding hydrogens is 392 g/mol. The van der Waals surface area contributed by atoms with Crippen LogP contribution in [-0.4, -0.2) is 51.5 Å². The number of carbonyl (C=O) groups excluding carboxylic acids is 1. The zero-order valence-electron chi connectivity index (χ0n) is 16.9. The molecule has 1 saturated heterocycles. The van der Waals surface area contributed by atoms with Crippen LogP contribution in [0.4, 0.5) is 5.69 Å². The van der Waals surface area contributed by atoms with E-state index in [1.54, 1.807) is 19.1 Å². The number of amides is 1. The quantitative estimate of drug-likeness (QED) is 0.780. The van der Waals surface area contributed by atoms with Crippen LogP contribution in [0.3, 0.4) is 0 Å². The van der Waals surface area contributed by atoms with Crippen LogP contribution in [0.1, 0.15) is 16.7 Å². The number of anilines is 1. The maximum atomic E-state index is 13.0. The van der Waals surface area contributed by atoms with E-state index in [0.717, 1.165) is 11.1 Å². The van der Waals surface area contributed by atoms with Crippen molar-refractivity contribution in [3.8, 4) is 5.75 Å². The van der Waals surface area contributed by atoms with Crippen LogP contribution in [0.5, 0.6) is 5.75 Å². The van der Waals surface area contributed by atoms with Gasteiger partial charge in [-0.1, -0.05) is 23.8 Å². The van der Waals surface area contributed by atoms with Crippen LogP contribution in [0.2, 0.25) is 0 Å². The van der Waals surface area contributed by atoms with Crippen molar-refractivity contribution in [3.63, 3.8) is 0 Å². The molecule has 1 aliphatic heterocycles. The molecule has 0 radical (unpaired) electrons. The fraction of sp³-hybridized carbons (Fsp3) is 0.381. The highest BCUT2D eigenvalue weighted by Gasteiger charge is 2.28. The predicted molar refractivity (Wildman–Crippen MR) is 111 cm³/mol. The van der Waals surface area contributed by atoms with Gasteiger partial charge in [-0.15, -0.1) is 0 Å². The Kier molecular flexibility index (Phi) is 6.56. The summed E-state index contributed by atoms with van der Waals surface area (Å²) in [7, 11) is -3.65. The van der Waals surface area contributed by atoms with Gasteiger partial charge in [0.05, 0.1) is 18.1 Å². The van der Waals surface area contributed by atoms with E-state index in [0.29, 0.717) is 43.3 Å². The Hall–Kier alpha value is -2.42. The Labute approximate surface area is 171 Å². The number of carbonyl (C=O) groups is 1. The molecule has 3 rings (SSSR count). The number of hydrogen-bond acceptors (Lipinski definition) is 5. The highest BCUT2D eigenvalue weighted by molar-refractivity contribution is 7.89. The molecule has 0 bridgehead atoms. The lowest BCUT2D eigenvalue weighted by atomic mass is 10.1. The van der Waals surface area contributed by atoms with E-state index in [2.05, 4.69) is 5.32 Å². The van der Waals surface area contributed by atoms with Crippen molar-refractivity contribution < 1.29 is 22.7 Å². The smallest absolute Gasteiger partial charge is 0.262 e. The molecule has 0 spiro atoms. The van der Waals surface area contributed by atoms with E-state index in [1.165, 1.54) is 10.4 Å². The Morgan fingerprint density at radius 1 is 1.07 bits per heavy atom. The van der Waals surface area contributed by atoms with Gasteiger partial charge < -0.3 is 14.8 Å². The molecule has 2 aromatic rings. The fourth-order valence-electron chi connectivity index (χ4n) is 3.18. The third-order valence-electron chi connectivity index (χ3n) is 4.75. The number of ether oxygens (including phenoxy) is 2. The summed E-state index contributed by atoms with van der Waals surface area (Å²) in [5, 5.41) is 2.71. The summed E-state index contributed by atoms with van der Waals surface area (Å²) < 4.78 is 38.1. The Bertz CT molecular complexity index is 998. The number of nitrogens with one attached hydrogen (secondary N) is 1. The lowest BCUT2D eigenvalue weighted by molar-refractivity contribution is -0.118. The second kappa shape index (κ2) is 8.94. The van der Waals surface area contributed by atoms with E-state index in [1.807, 2.05) is 32.0 Å². The number of rotatable bonds is 6. The van der Waals surface area contributed by atoms with Gasteiger partial charge in [0, 0.05) is 18.8 Å². The number of benzene rings is 2. The molecule has 0 atom stereocenters. The normalized spacial score (nSPS) is 15.1. The summed E-state index contributed by atoms with van der Waals surface area (Å²) in [6.45, 7) is 6.89. The van der Waals surface area contributed by atoms with Crippen molar-refractivity contribution in [3.05, 3.63) is 53.1 Å². The van der Waals surface area contributed by atoms with E-state index in [4.69, 9.17) is 9.47 Å². The molecule has 1 aliphatic rings. The average molecular weight is 419 g/mol. The SMILES string of the molecule is Cc1ccc(OCC(=O)Nc2ccc(C)c(S(=O)(=O)N3CCOCC3)c2)c(C)c1. The van der Waals surface area contributed by atoms with E-state index < -0.39 is 10.0 Å². The number of sulfonamides is 1. The Morgan fingerprint density at radius 2 is 1.79 bits per heavy atom. The van der Waals surface area contributed by atoms with E-state index in [9.17, 15) is 13.2 Å². The fourth-order valence-corrected chi connectivity index (χ4v) is 4.84. The van der Waals surface area contributed by atoms with Crippen LogP contribution in [0, 0.1) is 20.8 Å². The number of morpholine rings is 1. The molecule has 2 aromatic carbocycles. The lowest BCUT2D eigenvalue weighted by Gasteiger charge is -2.26. The van der Waals surface area contributed by atoms with Gasteiger partial charge in [0.15, 0.2) is 6.61 Å². The second-order valence-corrected chi connectivity index (χ2v) is 9.01. The molecule has 29 heavy (non-hydrogen) atoms. The first-order valence-corrected chi connectivity index (χ1v) is 10.9. The largest absolute Gasteiger partial charge is 0.483 e. The Balaban J connectivity index is 1.69. The standard InChI is InChI=1S/C21H26N2O5S/c1-15-4-7-19(17(3)12-15)28-14-21(24)22-18-6-5-16(2)20(13-18)29(25,26)23-8-10-27-11-9-23/h4-7,12-13H,8-11,14H2,1-3H3,(H,22,24). The zero-order valence-corrected chi connectivity index (χ0v) is 17.7. The zero-order chi connectivity index (χ0) is 21.0. The van der Waals surface area contributed by atoms with E-state index in [-0.39, 0.29) is 17.4 Å². The predicted octanol–water partition coefficient (Wildman–Crippen LogP) is 2.65. The molecule has 1 amide bonds. The van der Waals surface area contributed by atoms with Gasteiger partial charge in [0.2, 0.25) is 10.0 Å². The molecule has 0 aliphatic carbocycles. The minimum absolute atomic E-state index is 0.163. The summed E-state index contributed by atoms with van der Waals surface area (Å²) in [6, 6.07) is 10.6. The van der Waals surface area contributed by atoms with Crippen LogP contribution in [0.25, 0.3) is 0 Å². The summed E-state index contributed by atoms with van der Waals surface area (Å²) in [5.41, 5.74) is 3.11. The van der Waals surface area contributed by atoms with Crippen molar-refractivity contribution in [2.45, 2.75) is 25.7 Å². The third-order valence-corrected chi connectivity index (χ3v) is 6.79. The molecule has 1 heterocycles. The molecule has 0 unspecified atom stereocenters. The van der Waals surface area contributed by atoms with Gasteiger partial charge in [-0.05, 0) is 50.1 Å². The second-order valence-electron chi connectivity index (χ2n) is 7.10. The number of nitrogens with zero attached hydrogens (tertiary/aromatic N) is 1. The molecule has 7 nitrogen and oxygen atoms in total. The molecule has 0 saturated carbocycles. The first-order valence-electron chi connectivity index (χ1n) is 9.46. The number of aryl methyl sites for hydroxylation is 3. The van der Waals surface area contributed by atoms with Crippen molar-refractivity contribution in [2.75, 3.05) is 38.2 Å². The van der Waals surface area contributed by atoms with Crippen LogP contribution in [0.15, 0.2) is 41.3 Å². The van der Waals surface area contributed by atoms with Gasteiger partial charge in [-0.2, -0.15) is 4.31 Å². The summed E-state index contributed by atoms with van der Waals surface area (Å²) in [5.74, 6) is 0.286. The number of hydrogen-bond donors (Lipinski definition) is 1. The first kappa shape index (κ1) is 21.3. The molecular formula is C21H26N2O5S. The summed E-state index contributed by atoms with van der Waals surface area (Å²) in [4.78, 5) is 12.5. The first-order chi connectivity index (χ1) is 13.8. The Morgan fingerprint density at radius 3 is 2.48 bits per heavy atom. The molecule has 1 N–H and O–H groups in total. The van der Waals surface area contributed by atoms with Crippen LogP contribution in [-0.2, 0) is 19.6 Å².